The van der Waals surface area contributed by atoms with Crippen molar-refractivity contribution in [2.75, 3.05) is 26.2 Å². The molecule has 3 aromatic rings. The molecule has 27 heavy (non-hydrogen) atoms. The van der Waals surface area contributed by atoms with E-state index in [2.05, 4.69) is 9.97 Å². The van der Waals surface area contributed by atoms with Crippen LogP contribution in [0.3, 0.4) is 0 Å². The van der Waals surface area contributed by atoms with Gasteiger partial charge in [-0.3, -0.25) is 9.59 Å². The molecule has 2 amide bonds. The summed E-state index contributed by atoms with van der Waals surface area (Å²) in [4.78, 5) is 36.4. The van der Waals surface area contributed by atoms with E-state index in [0.29, 0.717) is 31.7 Å². The van der Waals surface area contributed by atoms with Crippen LogP contribution in [0.15, 0.2) is 42.7 Å². The average molecular weight is 362 g/mol. The number of H-pyrrole nitrogens is 1. The van der Waals surface area contributed by atoms with Crippen molar-refractivity contribution in [3.8, 4) is 0 Å². The number of amides is 2. The van der Waals surface area contributed by atoms with Gasteiger partial charge in [0.2, 0.25) is 0 Å². The van der Waals surface area contributed by atoms with Crippen molar-refractivity contribution in [1.82, 2.24) is 19.8 Å². The molecule has 1 fully saturated rings. The highest BCUT2D eigenvalue weighted by atomic mass is 16.2. The predicted octanol–water partition coefficient (Wildman–Crippen LogP) is 2.78. The molecule has 138 valence electrons. The molecule has 1 N–H and O–H groups in total. The fourth-order valence-electron chi connectivity index (χ4n) is 3.59. The van der Waals surface area contributed by atoms with Crippen LogP contribution < -0.4 is 0 Å². The molecule has 0 unspecified atom stereocenters. The van der Waals surface area contributed by atoms with E-state index in [-0.39, 0.29) is 11.8 Å². The van der Waals surface area contributed by atoms with Crippen LogP contribution in [0, 0.1) is 13.8 Å². The summed E-state index contributed by atoms with van der Waals surface area (Å²) in [5.74, 6) is 0.0311. The van der Waals surface area contributed by atoms with Crippen LogP contribution in [0.25, 0.3) is 11.0 Å². The molecule has 6 nitrogen and oxygen atoms in total. The number of imidazole rings is 1. The van der Waals surface area contributed by atoms with E-state index in [1.54, 1.807) is 12.4 Å². The SMILES string of the molecule is Cc1ccc(C(=O)N2CCN(C(=O)c3ccc4nc[nH]c4c3)CC2)c(C)c1. The molecule has 1 saturated heterocycles. The molecular formula is C21H22N4O2. The predicted molar refractivity (Wildman–Crippen MR) is 104 cm³/mol. The second kappa shape index (κ2) is 6.87. The molecule has 0 aliphatic carbocycles. The zero-order valence-electron chi connectivity index (χ0n) is 15.5. The first kappa shape index (κ1) is 17.3. The standard InChI is InChI=1S/C21H22N4O2/c1-14-3-5-17(15(2)11-14)21(27)25-9-7-24(8-10-25)20(26)16-4-6-18-19(12-16)23-13-22-18/h3-6,11-13H,7-10H2,1-2H3,(H,22,23). The maximum atomic E-state index is 12.8. The maximum Gasteiger partial charge on any atom is 0.254 e. The Hall–Kier alpha value is -3.15. The van der Waals surface area contributed by atoms with Crippen molar-refractivity contribution in [2.24, 2.45) is 0 Å². The number of piperazine rings is 1. The van der Waals surface area contributed by atoms with Crippen LogP contribution in [0.2, 0.25) is 0 Å². The molecule has 4 rings (SSSR count). The van der Waals surface area contributed by atoms with E-state index in [9.17, 15) is 9.59 Å². The number of aromatic amines is 1. The minimum Gasteiger partial charge on any atom is -0.345 e. The van der Waals surface area contributed by atoms with Gasteiger partial charge in [-0.05, 0) is 43.7 Å². The van der Waals surface area contributed by atoms with Crippen LogP contribution >= 0.6 is 0 Å². The summed E-state index contributed by atoms with van der Waals surface area (Å²) < 4.78 is 0. The molecule has 1 aliphatic rings. The topological polar surface area (TPSA) is 69.3 Å². The minimum atomic E-state index is -0.00915. The molecule has 0 radical (unpaired) electrons. The average Bonchev–Trinajstić information content (AvgIpc) is 3.15. The first-order valence-corrected chi connectivity index (χ1v) is 9.12. The highest BCUT2D eigenvalue weighted by Crippen LogP contribution is 2.17. The lowest BCUT2D eigenvalue weighted by Crippen LogP contribution is -2.50. The number of carbonyl (C=O) groups is 2. The Balaban J connectivity index is 1.43. The van der Waals surface area contributed by atoms with E-state index in [0.717, 1.165) is 27.7 Å². The molecule has 0 atom stereocenters. The Bertz CT molecular complexity index is 1020. The van der Waals surface area contributed by atoms with Gasteiger partial charge in [-0.1, -0.05) is 17.7 Å². The summed E-state index contributed by atoms with van der Waals surface area (Å²) in [5, 5.41) is 0. The van der Waals surface area contributed by atoms with Gasteiger partial charge in [0.05, 0.1) is 17.4 Å². The molecule has 1 aromatic heterocycles. The number of carbonyl (C=O) groups excluding carboxylic acids is 2. The Morgan fingerprint density at radius 1 is 0.926 bits per heavy atom. The second-order valence-electron chi connectivity index (χ2n) is 7.04. The van der Waals surface area contributed by atoms with E-state index < -0.39 is 0 Å². The minimum absolute atomic E-state index is 0.00915. The Labute approximate surface area is 157 Å². The molecule has 0 bridgehead atoms. The summed E-state index contributed by atoms with van der Waals surface area (Å²) in [7, 11) is 0. The number of hydrogen-bond acceptors (Lipinski definition) is 3. The van der Waals surface area contributed by atoms with Gasteiger partial charge in [-0.25, -0.2) is 4.98 Å². The smallest absolute Gasteiger partial charge is 0.254 e. The largest absolute Gasteiger partial charge is 0.345 e. The van der Waals surface area contributed by atoms with Crippen molar-refractivity contribution in [2.45, 2.75) is 13.8 Å². The highest BCUT2D eigenvalue weighted by molar-refractivity contribution is 5.98. The third kappa shape index (κ3) is 3.30. The second-order valence-corrected chi connectivity index (χ2v) is 7.04. The first-order valence-electron chi connectivity index (χ1n) is 9.12. The fourth-order valence-corrected chi connectivity index (χ4v) is 3.59. The number of nitrogens with one attached hydrogen (secondary N) is 1. The Morgan fingerprint density at radius 3 is 2.33 bits per heavy atom. The number of hydrogen-bond donors (Lipinski definition) is 1. The summed E-state index contributed by atoms with van der Waals surface area (Å²) in [5.41, 5.74) is 5.21. The van der Waals surface area contributed by atoms with Crippen molar-refractivity contribution < 1.29 is 9.59 Å². The lowest BCUT2D eigenvalue weighted by atomic mass is 10.0. The monoisotopic (exact) mass is 362 g/mol. The molecule has 0 spiro atoms. The number of benzene rings is 2. The van der Waals surface area contributed by atoms with Gasteiger partial charge in [-0.2, -0.15) is 0 Å². The van der Waals surface area contributed by atoms with Crippen molar-refractivity contribution >= 4 is 22.8 Å². The van der Waals surface area contributed by atoms with Crippen molar-refractivity contribution in [3.05, 3.63) is 65.0 Å². The van der Waals surface area contributed by atoms with E-state index in [1.165, 1.54) is 0 Å². The van der Waals surface area contributed by atoms with Gasteiger partial charge in [0, 0.05) is 37.3 Å². The van der Waals surface area contributed by atoms with Crippen LogP contribution in [0.1, 0.15) is 31.8 Å². The lowest BCUT2D eigenvalue weighted by Gasteiger charge is -2.35. The summed E-state index contributed by atoms with van der Waals surface area (Å²) in [6, 6.07) is 11.4. The van der Waals surface area contributed by atoms with Crippen molar-refractivity contribution in [1.29, 1.82) is 0 Å². The van der Waals surface area contributed by atoms with Gasteiger partial charge in [0.1, 0.15) is 0 Å². The van der Waals surface area contributed by atoms with Crippen LogP contribution in [-0.4, -0.2) is 57.8 Å². The van der Waals surface area contributed by atoms with Crippen LogP contribution in [-0.2, 0) is 0 Å². The molecule has 0 saturated carbocycles. The van der Waals surface area contributed by atoms with E-state index >= 15 is 0 Å². The van der Waals surface area contributed by atoms with Crippen LogP contribution in [0.4, 0.5) is 0 Å². The zero-order valence-corrected chi connectivity index (χ0v) is 15.5. The quantitative estimate of drug-likeness (QED) is 0.762. The van der Waals surface area contributed by atoms with Gasteiger partial charge in [-0.15, -0.1) is 0 Å². The molecule has 2 heterocycles. The van der Waals surface area contributed by atoms with Gasteiger partial charge in [0.25, 0.3) is 11.8 Å². The van der Waals surface area contributed by atoms with E-state index in [1.807, 2.05) is 54.0 Å². The number of nitrogens with zero attached hydrogens (tertiary/aromatic N) is 3. The Kier molecular flexibility index (Phi) is 4.39. The molecule has 1 aliphatic heterocycles. The van der Waals surface area contributed by atoms with E-state index in [4.69, 9.17) is 0 Å². The maximum absolute atomic E-state index is 12.8. The third-order valence-electron chi connectivity index (χ3n) is 5.13. The van der Waals surface area contributed by atoms with Crippen molar-refractivity contribution in [3.63, 3.8) is 0 Å². The van der Waals surface area contributed by atoms with Gasteiger partial charge >= 0.3 is 0 Å². The van der Waals surface area contributed by atoms with Gasteiger partial charge < -0.3 is 14.8 Å². The fraction of sp³-hybridized carbons (Fsp3) is 0.286. The normalized spacial score (nSPS) is 14.6. The number of aromatic nitrogens is 2. The molecule has 2 aromatic carbocycles. The summed E-state index contributed by atoms with van der Waals surface area (Å²) in [6.45, 7) is 6.15. The Morgan fingerprint density at radius 2 is 1.63 bits per heavy atom. The summed E-state index contributed by atoms with van der Waals surface area (Å²) in [6.07, 6.45) is 1.62. The number of fused-ring (bicyclic) bond motifs is 1. The summed E-state index contributed by atoms with van der Waals surface area (Å²) >= 11 is 0. The lowest BCUT2D eigenvalue weighted by molar-refractivity contribution is 0.0535. The zero-order chi connectivity index (χ0) is 19.0. The van der Waals surface area contributed by atoms with Crippen LogP contribution in [0.5, 0.6) is 0 Å². The third-order valence-corrected chi connectivity index (χ3v) is 5.13. The number of rotatable bonds is 2. The molecular weight excluding hydrogens is 340 g/mol. The highest BCUT2D eigenvalue weighted by Gasteiger charge is 2.26. The number of aryl methyl sites for hydroxylation is 2. The van der Waals surface area contributed by atoms with Gasteiger partial charge in [0.15, 0.2) is 0 Å². The first-order chi connectivity index (χ1) is 13.0. The molecule has 6 heteroatoms.